The summed E-state index contributed by atoms with van der Waals surface area (Å²) in [5.74, 6) is -0.0715. The first-order valence-corrected chi connectivity index (χ1v) is 6.86. The fourth-order valence-corrected chi connectivity index (χ4v) is 2.34. The molecule has 0 unspecified atom stereocenters. The topological polar surface area (TPSA) is 32.3 Å². The first kappa shape index (κ1) is 14.3. The third kappa shape index (κ3) is 3.93. The fraction of sp³-hybridized carbons (Fsp3) is 0.143. The summed E-state index contributed by atoms with van der Waals surface area (Å²) >= 11 is 17.5. The highest BCUT2D eigenvalue weighted by Crippen LogP contribution is 2.32. The molecule has 19 heavy (non-hydrogen) atoms. The molecule has 0 aliphatic carbocycles. The Balaban J connectivity index is 1.94. The molecule has 2 nitrogen and oxygen atoms in total. The Kier molecular flexibility index (Phi) is 4.81. The molecule has 0 amide bonds. The molecular weight excluding hydrogens is 305 g/mol. The minimum absolute atomic E-state index is 0.0715. The van der Waals surface area contributed by atoms with Crippen molar-refractivity contribution < 1.29 is 5.11 Å². The molecule has 2 aromatic rings. The second kappa shape index (κ2) is 6.38. The molecular formula is C14H12Cl3NO. The van der Waals surface area contributed by atoms with E-state index in [-0.39, 0.29) is 15.8 Å². The number of aromatic hydroxyl groups is 1. The standard InChI is InChI=1S/C14H12Cl3NO/c15-10-1-3-11(4-2-10)18-6-5-9-7-12(16)14(19)13(17)8-9/h1-4,7-8,18-19H,5-6H2. The van der Waals surface area contributed by atoms with Crippen molar-refractivity contribution in [2.75, 3.05) is 11.9 Å². The van der Waals surface area contributed by atoms with E-state index in [1.165, 1.54) is 0 Å². The Morgan fingerprint density at radius 3 is 2.11 bits per heavy atom. The highest BCUT2D eigenvalue weighted by molar-refractivity contribution is 6.37. The van der Waals surface area contributed by atoms with Gasteiger partial charge in [-0.25, -0.2) is 0 Å². The van der Waals surface area contributed by atoms with Gasteiger partial charge < -0.3 is 10.4 Å². The van der Waals surface area contributed by atoms with Crippen LogP contribution in [0.25, 0.3) is 0 Å². The highest BCUT2D eigenvalue weighted by atomic mass is 35.5. The van der Waals surface area contributed by atoms with Gasteiger partial charge in [0.1, 0.15) is 0 Å². The number of nitrogens with one attached hydrogen (secondary N) is 1. The van der Waals surface area contributed by atoms with E-state index in [1.807, 2.05) is 24.3 Å². The normalized spacial score (nSPS) is 10.5. The largest absolute Gasteiger partial charge is 0.505 e. The summed E-state index contributed by atoms with van der Waals surface area (Å²) in [5, 5.41) is 14.0. The second-order valence-electron chi connectivity index (χ2n) is 4.09. The molecule has 2 aromatic carbocycles. The van der Waals surface area contributed by atoms with Gasteiger partial charge in [0.25, 0.3) is 0 Å². The van der Waals surface area contributed by atoms with E-state index in [9.17, 15) is 5.11 Å². The molecule has 0 aliphatic heterocycles. The van der Waals surface area contributed by atoms with E-state index in [4.69, 9.17) is 34.8 Å². The van der Waals surface area contributed by atoms with Crippen LogP contribution in [0.5, 0.6) is 5.75 Å². The van der Waals surface area contributed by atoms with Gasteiger partial charge in [-0.1, -0.05) is 34.8 Å². The number of halogens is 3. The molecule has 0 saturated carbocycles. The van der Waals surface area contributed by atoms with Crippen LogP contribution in [0.1, 0.15) is 5.56 Å². The van der Waals surface area contributed by atoms with Crippen molar-refractivity contribution in [1.29, 1.82) is 0 Å². The van der Waals surface area contributed by atoms with Crippen molar-refractivity contribution in [3.63, 3.8) is 0 Å². The number of phenols is 1. The van der Waals surface area contributed by atoms with Crippen LogP contribution in [0.4, 0.5) is 5.69 Å². The Labute approximate surface area is 126 Å². The number of benzene rings is 2. The van der Waals surface area contributed by atoms with E-state index < -0.39 is 0 Å². The molecule has 0 fully saturated rings. The van der Waals surface area contributed by atoms with Gasteiger partial charge in [0.2, 0.25) is 0 Å². The summed E-state index contributed by atoms with van der Waals surface area (Å²) in [6.45, 7) is 0.735. The molecule has 0 saturated heterocycles. The maximum Gasteiger partial charge on any atom is 0.152 e. The zero-order valence-corrected chi connectivity index (χ0v) is 12.2. The van der Waals surface area contributed by atoms with Crippen molar-refractivity contribution >= 4 is 40.5 Å². The Bertz CT molecular complexity index is 546. The third-order valence-corrected chi connectivity index (χ3v) is 3.49. The van der Waals surface area contributed by atoms with Crippen molar-refractivity contribution in [2.45, 2.75) is 6.42 Å². The Morgan fingerprint density at radius 1 is 0.947 bits per heavy atom. The van der Waals surface area contributed by atoms with Crippen LogP contribution in [0, 0.1) is 0 Å². The molecule has 0 heterocycles. The molecule has 5 heteroatoms. The van der Waals surface area contributed by atoms with E-state index in [1.54, 1.807) is 12.1 Å². The van der Waals surface area contributed by atoms with Gasteiger partial charge in [-0.15, -0.1) is 0 Å². The summed E-state index contributed by atoms with van der Waals surface area (Å²) < 4.78 is 0. The predicted molar refractivity (Wildman–Crippen MR) is 81.8 cm³/mol. The quantitative estimate of drug-likeness (QED) is 0.831. The Morgan fingerprint density at radius 2 is 1.53 bits per heavy atom. The number of phenolic OH excluding ortho intramolecular Hbond substituents is 1. The summed E-state index contributed by atoms with van der Waals surface area (Å²) in [5.41, 5.74) is 1.97. The number of hydrogen-bond acceptors (Lipinski definition) is 2. The highest BCUT2D eigenvalue weighted by Gasteiger charge is 2.06. The lowest BCUT2D eigenvalue weighted by Gasteiger charge is -2.08. The van der Waals surface area contributed by atoms with Crippen LogP contribution in [0.2, 0.25) is 15.1 Å². The number of hydrogen-bond donors (Lipinski definition) is 2. The van der Waals surface area contributed by atoms with Crippen LogP contribution < -0.4 is 5.32 Å². The van der Waals surface area contributed by atoms with E-state index in [0.29, 0.717) is 5.02 Å². The molecule has 100 valence electrons. The van der Waals surface area contributed by atoms with Gasteiger partial charge in [-0.05, 0) is 48.4 Å². The maximum absolute atomic E-state index is 9.47. The van der Waals surface area contributed by atoms with Gasteiger partial charge in [-0.3, -0.25) is 0 Å². The molecule has 0 spiro atoms. The molecule has 0 aromatic heterocycles. The summed E-state index contributed by atoms with van der Waals surface area (Å²) in [7, 11) is 0. The lowest BCUT2D eigenvalue weighted by Crippen LogP contribution is -2.04. The summed E-state index contributed by atoms with van der Waals surface area (Å²) in [6.07, 6.45) is 0.752. The van der Waals surface area contributed by atoms with Crippen molar-refractivity contribution in [2.24, 2.45) is 0 Å². The number of rotatable bonds is 4. The molecule has 0 atom stereocenters. The van der Waals surface area contributed by atoms with E-state index in [2.05, 4.69) is 5.32 Å². The molecule has 2 rings (SSSR count). The zero-order chi connectivity index (χ0) is 13.8. The molecule has 2 N–H and O–H groups in total. The first-order chi connectivity index (χ1) is 9.06. The predicted octanol–water partition coefficient (Wildman–Crippen LogP) is 5.01. The van der Waals surface area contributed by atoms with Gasteiger partial charge in [0.15, 0.2) is 5.75 Å². The lowest BCUT2D eigenvalue weighted by atomic mass is 10.1. The average Bonchev–Trinajstić information content (AvgIpc) is 2.38. The Hall–Kier alpha value is -1.09. The van der Waals surface area contributed by atoms with Gasteiger partial charge in [0.05, 0.1) is 10.0 Å². The van der Waals surface area contributed by atoms with Gasteiger partial charge in [0, 0.05) is 17.3 Å². The van der Waals surface area contributed by atoms with E-state index in [0.717, 1.165) is 24.2 Å². The molecule has 0 radical (unpaired) electrons. The van der Waals surface area contributed by atoms with Crippen molar-refractivity contribution in [1.82, 2.24) is 0 Å². The minimum atomic E-state index is -0.0715. The average molecular weight is 317 g/mol. The smallest absolute Gasteiger partial charge is 0.152 e. The van der Waals surface area contributed by atoms with E-state index >= 15 is 0 Å². The first-order valence-electron chi connectivity index (χ1n) is 5.72. The molecule has 0 bridgehead atoms. The van der Waals surface area contributed by atoms with Crippen LogP contribution >= 0.6 is 34.8 Å². The lowest BCUT2D eigenvalue weighted by molar-refractivity contribution is 0.475. The van der Waals surface area contributed by atoms with Gasteiger partial charge in [-0.2, -0.15) is 0 Å². The fourth-order valence-electron chi connectivity index (χ4n) is 1.68. The minimum Gasteiger partial charge on any atom is -0.505 e. The second-order valence-corrected chi connectivity index (χ2v) is 5.34. The van der Waals surface area contributed by atoms with Crippen LogP contribution in [-0.4, -0.2) is 11.7 Å². The molecule has 0 aliphatic rings. The van der Waals surface area contributed by atoms with Crippen LogP contribution in [-0.2, 0) is 6.42 Å². The summed E-state index contributed by atoms with van der Waals surface area (Å²) in [6, 6.07) is 10.9. The van der Waals surface area contributed by atoms with Crippen LogP contribution in [0.3, 0.4) is 0 Å². The summed E-state index contributed by atoms with van der Waals surface area (Å²) in [4.78, 5) is 0. The van der Waals surface area contributed by atoms with Crippen molar-refractivity contribution in [3.05, 3.63) is 57.0 Å². The number of anilines is 1. The zero-order valence-electron chi connectivity index (χ0n) is 9.96. The third-order valence-electron chi connectivity index (χ3n) is 2.66. The van der Waals surface area contributed by atoms with Crippen molar-refractivity contribution in [3.8, 4) is 5.75 Å². The van der Waals surface area contributed by atoms with Gasteiger partial charge >= 0.3 is 0 Å². The SMILES string of the molecule is Oc1c(Cl)cc(CCNc2ccc(Cl)cc2)cc1Cl. The monoisotopic (exact) mass is 315 g/mol. The van der Waals surface area contributed by atoms with Crippen LogP contribution in [0.15, 0.2) is 36.4 Å². The maximum atomic E-state index is 9.47.